The highest BCUT2D eigenvalue weighted by Gasteiger charge is 2.78. The lowest BCUT2D eigenvalue weighted by Crippen LogP contribution is -2.31. The lowest BCUT2D eigenvalue weighted by Gasteiger charge is -2.22. The van der Waals surface area contributed by atoms with Crippen LogP contribution in [0.3, 0.4) is 0 Å². The molecule has 0 unspecified atom stereocenters. The SMILES string of the molecule is Cc1ccc(S(=O)(=O)[C@]23O[C@H]2[C@H](CO)O[C@H]3c2ccccc2)cc1. The molecule has 0 radical (unpaired) electrons. The number of fused-ring (bicyclic) bond motifs is 1. The number of aliphatic hydroxyl groups excluding tert-OH is 1. The van der Waals surface area contributed by atoms with Gasteiger partial charge in [-0.15, -0.1) is 0 Å². The molecule has 126 valence electrons. The predicted molar refractivity (Wildman–Crippen MR) is 87.1 cm³/mol. The second-order valence-corrected chi connectivity index (χ2v) is 8.34. The summed E-state index contributed by atoms with van der Waals surface area (Å²) in [6, 6.07) is 15.8. The van der Waals surface area contributed by atoms with E-state index in [-0.39, 0.29) is 11.5 Å². The van der Waals surface area contributed by atoms with Crippen molar-refractivity contribution in [1.29, 1.82) is 0 Å². The van der Waals surface area contributed by atoms with E-state index in [2.05, 4.69) is 0 Å². The van der Waals surface area contributed by atoms with E-state index >= 15 is 0 Å². The summed E-state index contributed by atoms with van der Waals surface area (Å²) in [6.45, 7) is 1.62. The largest absolute Gasteiger partial charge is 0.394 e. The quantitative estimate of drug-likeness (QED) is 0.857. The Kier molecular flexibility index (Phi) is 3.54. The van der Waals surface area contributed by atoms with Crippen molar-refractivity contribution in [3.05, 3.63) is 65.7 Å². The smallest absolute Gasteiger partial charge is 0.233 e. The first-order valence-corrected chi connectivity index (χ1v) is 9.29. The molecule has 2 aromatic carbocycles. The van der Waals surface area contributed by atoms with Gasteiger partial charge in [-0.3, -0.25) is 0 Å². The first-order valence-electron chi connectivity index (χ1n) is 7.81. The van der Waals surface area contributed by atoms with Crippen molar-refractivity contribution in [2.75, 3.05) is 6.61 Å². The standard InChI is InChI=1S/C18H18O5S/c1-12-7-9-14(10-8-12)24(20,21)18-16(13-5-3-2-4-6-13)22-15(11-19)17(18)23-18/h2-10,15-17,19H,11H2,1H3/t15-,16-,17-,18-/m0/s1. The highest BCUT2D eigenvalue weighted by Crippen LogP contribution is 2.61. The molecule has 2 fully saturated rings. The van der Waals surface area contributed by atoms with Gasteiger partial charge in [-0.1, -0.05) is 48.0 Å². The van der Waals surface area contributed by atoms with Crippen molar-refractivity contribution in [2.45, 2.75) is 35.1 Å². The van der Waals surface area contributed by atoms with E-state index in [0.717, 1.165) is 11.1 Å². The van der Waals surface area contributed by atoms with Crippen molar-refractivity contribution < 1.29 is 23.0 Å². The normalized spacial score (nSPS) is 31.7. The number of hydrogen-bond donors (Lipinski definition) is 1. The minimum atomic E-state index is -3.78. The highest BCUT2D eigenvalue weighted by molar-refractivity contribution is 7.93. The molecular formula is C18H18O5S. The molecule has 6 heteroatoms. The summed E-state index contributed by atoms with van der Waals surface area (Å²) < 4.78 is 38.1. The Bertz CT molecular complexity index is 847. The van der Waals surface area contributed by atoms with E-state index in [1.54, 1.807) is 24.3 Å². The van der Waals surface area contributed by atoms with Crippen LogP contribution >= 0.6 is 0 Å². The lowest BCUT2D eigenvalue weighted by molar-refractivity contribution is -0.0589. The molecular weight excluding hydrogens is 328 g/mol. The number of aliphatic hydroxyl groups is 1. The number of epoxide rings is 1. The second kappa shape index (κ2) is 5.39. The number of rotatable bonds is 4. The zero-order valence-electron chi connectivity index (χ0n) is 13.1. The molecule has 1 N–H and O–H groups in total. The fraction of sp³-hybridized carbons (Fsp3) is 0.333. The number of aryl methyl sites for hydroxylation is 1. The first kappa shape index (κ1) is 15.8. The van der Waals surface area contributed by atoms with Crippen molar-refractivity contribution in [2.24, 2.45) is 0 Å². The van der Waals surface area contributed by atoms with Crippen LogP contribution in [-0.4, -0.2) is 37.3 Å². The molecule has 2 aliphatic heterocycles. The van der Waals surface area contributed by atoms with E-state index in [9.17, 15) is 13.5 Å². The van der Waals surface area contributed by atoms with Crippen LogP contribution in [0.15, 0.2) is 59.5 Å². The van der Waals surface area contributed by atoms with Crippen molar-refractivity contribution in [3.63, 3.8) is 0 Å². The van der Waals surface area contributed by atoms with Gasteiger partial charge in [-0.05, 0) is 24.6 Å². The van der Waals surface area contributed by atoms with Gasteiger partial charge in [0.15, 0.2) is 0 Å². The summed E-state index contributed by atoms with van der Waals surface area (Å²) in [4.78, 5) is -1.25. The molecule has 0 aliphatic carbocycles. The maximum absolute atomic E-state index is 13.3. The predicted octanol–water partition coefficient (Wildman–Crippen LogP) is 2.00. The van der Waals surface area contributed by atoms with E-state index in [1.807, 2.05) is 37.3 Å². The maximum Gasteiger partial charge on any atom is 0.233 e. The van der Waals surface area contributed by atoms with Gasteiger partial charge in [-0.2, -0.15) is 0 Å². The van der Waals surface area contributed by atoms with E-state index in [4.69, 9.17) is 9.47 Å². The number of sulfone groups is 1. The summed E-state index contributed by atoms with van der Waals surface area (Å²) >= 11 is 0. The monoisotopic (exact) mass is 346 g/mol. The number of benzene rings is 2. The van der Waals surface area contributed by atoms with E-state index in [1.165, 1.54) is 0 Å². The Morgan fingerprint density at radius 2 is 1.75 bits per heavy atom. The molecule has 5 nitrogen and oxygen atoms in total. The number of ether oxygens (including phenoxy) is 2. The molecule has 2 heterocycles. The summed E-state index contributed by atoms with van der Waals surface area (Å²) in [7, 11) is -3.78. The molecule has 4 atom stereocenters. The zero-order valence-corrected chi connectivity index (χ0v) is 13.9. The topological polar surface area (TPSA) is 76.1 Å². The van der Waals surface area contributed by atoms with Crippen LogP contribution in [0.4, 0.5) is 0 Å². The van der Waals surface area contributed by atoms with Crippen LogP contribution < -0.4 is 0 Å². The third kappa shape index (κ3) is 2.07. The summed E-state index contributed by atoms with van der Waals surface area (Å²) in [5.41, 5.74) is 1.71. The minimum absolute atomic E-state index is 0.207. The van der Waals surface area contributed by atoms with Gasteiger partial charge in [0.05, 0.1) is 11.5 Å². The highest BCUT2D eigenvalue weighted by atomic mass is 32.2. The summed E-state index contributed by atoms with van der Waals surface area (Å²) in [6.07, 6.45) is -2.05. The van der Waals surface area contributed by atoms with Gasteiger partial charge < -0.3 is 14.6 Å². The average Bonchev–Trinajstić information content (AvgIpc) is 3.27. The van der Waals surface area contributed by atoms with Gasteiger partial charge in [0.1, 0.15) is 18.3 Å². The Hall–Kier alpha value is -1.73. The van der Waals surface area contributed by atoms with Gasteiger partial charge in [0.25, 0.3) is 0 Å². The lowest BCUT2D eigenvalue weighted by atomic mass is 10.1. The van der Waals surface area contributed by atoms with Crippen LogP contribution in [0.2, 0.25) is 0 Å². The second-order valence-electron chi connectivity index (χ2n) is 6.22. The molecule has 2 aliphatic rings. The molecule has 0 aromatic heterocycles. The minimum Gasteiger partial charge on any atom is -0.394 e. The zero-order chi connectivity index (χ0) is 16.9. The van der Waals surface area contributed by atoms with Gasteiger partial charge >= 0.3 is 0 Å². The van der Waals surface area contributed by atoms with E-state index < -0.39 is 33.1 Å². The first-order chi connectivity index (χ1) is 11.5. The molecule has 0 amide bonds. The van der Waals surface area contributed by atoms with Crippen molar-refractivity contribution >= 4 is 9.84 Å². The summed E-state index contributed by atoms with van der Waals surface area (Å²) in [5.74, 6) is 0. The Labute approximate surface area is 140 Å². The molecule has 0 bridgehead atoms. The molecule has 2 aromatic rings. The van der Waals surface area contributed by atoms with Crippen molar-refractivity contribution in [1.82, 2.24) is 0 Å². The molecule has 0 spiro atoms. The summed E-state index contributed by atoms with van der Waals surface area (Å²) in [5, 5.41) is 9.52. The van der Waals surface area contributed by atoms with Gasteiger partial charge in [0.2, 0.25) is 14.8 Å². The fourth-order valence-corrected chi connectivity index (χ4v) is 5.41. The number of hydrogen-bond acceptors (Lipinski definition) is 5. The third-order valence-electron chi connectivity index (χ3n) is 4.70. The molecule has 0 saturated carbocycles. The molecule has 2 saturated heterocycles. The van der Waals surface area contributed by atoms with Crippen LogP contribution in [0.25, 0.3) is 0 Å². The van der Waals surface area contributed by atoms with Crippen molar-refractivity contribution in [3.8, 4) is 0 Å². The van der Waals surface area contributed by atoms with E-state index in [0.29, 0.717) is 0 Å². The van der Waals surface area contributed by atoms with Gasteiger partial charge in [0, 0.05) is 0 Å². The van der Waals surface area contributed by atoms with Crippen LogP contribution in [0, 0.1) is 6.92 Å². The van der Waals surface area contributed by atoms with Gasteiger partial charge in [-0.25, -0.2) is 8.42 Å². The third-order valence-corrected chi connectivity index (χ3v) is 6.97. The Morgan fingerprint density at radius 1 is 1.08 bits per heavy atom. The maximum atomic E-state index is 13.3. The fourth-order valence-electron chi connectivity index (χ4n) is 3.39. The Morgan fingerprint density at radius 3 is 2.38 bits per heavy atom. The average molecular weight is 346 g/mol. The molecule has 4 rings (SSSR count). The van der Waals surface area contributed by atoms with Crippen LogP contribution in [0.1, 0.15) is 17.2 Å². The molecule has 24 heavy (non-hydrogen) atoms. The van der Waals surface area contributed by atoms with Crippen LogP contribution in [-0.2, 0) is 19.3 Å². The van der Waals surface area contributed by atoms with Crippen LogP contribution in [0.5, 0.6) is 0 Å². The Balaban J connectivity index is 1.81.